The van der Waals surface area contributed by atoms with Gasteiger partial charge in [0, 0.05) is 6.61 Å². The SMILES string of the molecule is CCCNCCc1ccc(COC2CCOC2)cc1. The minimum atomic E-state index is 0.290. The number of rotatable bonds is 8. The summed E-state index contributed by atoms with van der Waals surface area (Å²) in [7, 11) is 0. The molecule has 106 valence electrons. The molecule has 0 radical (unpaired) electrons. The molecule has 1 heterocycles. The van der Waals surface area contributed by atoms with Crippen LogP contribution < -0.4 is 5.32 Å². The van der Waals surface area contributed by atoms with Gasteiger partial charge in [0.25, 0.3) is 0 Å². The molecule has 3 heteroatoms. The number of benzene rings is 1. The molecule has 1 saturated heterocycles. The molecular weight excluding hydrogens is 238 g/mol. The van der Waals surface area contributed by atoms with Crippen LogP contribution in [-0.4, -0.2) is 32.4 Å². The minimum absolute atomic E-state index is 0.290. The smallest absolute Gasteiger partial charge is 0.0834 e. The third-order valence-corrected chi connectivity index (χ3v) is 3.41. The summed E-state index contributed by atoms with van der Waals surface area (Å²) in [6.45, 7) is 6.65. The van der Waals surface area contributed by atoms with Crippen LogP contribution in [-0.2, 0) is 22.5 Å². The standard InChI is InChI=1S/C16H25NO2/c1-2-9-17-10-7-14-3-5-15(6-4-14)12-19-16-8-11-18-13-16/h3-6,16-17H,2,7-13H2,1H3. The van der Waals surface area contributed by atoms with Crippen molar-refractivity contribution in [2.24, 2.45) is 0 Å². The Morgan fingerprint density at radius 3 is 2.68 bits per heavy atom. The fraction of sp³-hybridized carbons (Fsp3) is 0.625. The molecular formula is C16H25NO2. The lowest BCUT2D eigenvalue weighted by atomic mass is 10.1. The van der Waals surface area contributed by atoms with Crippen LogP contribution in [0.5, 0.6) is 0 Å². The summed E-state index contributed by atoms with van der Waals surface area (Å²) >= 11 is 0. The van der Waals surface area contributed by atoms with Gasteiger partial charge in [-0.05, 0) is 43.5 Å². The van der Waals surface area contributed by atoms with Gasteiger partial charge in [-0.1, -0.05) is 31.2 Å². The highest BCUT2D eigenvalue weighted by molar-refractivity contribution is 5.22. The van der Waals surface area contributed by atoms with Gasteiger partial charge < -0.3 is 14.8 Å². The second-order valence-corrected chi connectivity index (χ2v) is 5.11. The zero-order valence-corrected chi connectivity index (χ0v) is 11.9. The Labute approximate surface area is 116 Å². The average Bonchev–Trinajstić information content (AvgIpc) is 2.96. The van der Waals surface area contributed by atoms with E-state index in [9.17, 15) is 0 Å². The van der Waals surface area contributed by atoms with Crippen LogP contribution in [0.25, 0.3) is 0 Å². The van der Waals surface area contributed by atoms with E-state index < -0.39 is 0 Å². The van der Waals surface area contributed by atoms with E-state index in [1.54, 1.807) is 0 Å². The highest BCUT2D eigenvalue weighted by Crippen LogP contribution is 2.12. The van der Waals surface area contributed by atoms with E-state index in [4.69, 9.17) is 9.47 Å². The van der Waals surface area contributed by atoms with E-state index in [0.29, 0.717) is 6.61 Å². The summed E-state index contributed by atoms with van der Waals surface area (Å²) in [4.78, 5) is 0. The summed E-state index contributed by atoms with van der Waals surface area (Å²) in [6, 6.07) is 8.75. The first-order valence-corrected chi connectivity index (χ1v) is 7.36. The van der Waals surface area contributed by atoms with Gasteiger partial charge in [0.05, 0.1) is 19.3 Å². The maximum absolute atomic E-state index is 5.80. The van der Waals surface area contributed by atoms with Gasteiger partial charge in [-0.15, -0.1) is 0 Å². The van der Waals surface area contributed by atoms with E-state index in [0.717, 1.165) is 39.1 Å². The van der Waals surface area contributed by atoms with Crippen molar-refractivity contribution < 1.29 is 9.47 Å². The molecule has 0 aromatic heterocycles. The topological polar surface area (TPSA) is 30.5 Å². The Hall–Kier alpha value is -0.900. The van der Waals surface area contributed by atoms with E-state index in [-0.39, 0.29) is 6.10 Å². The Morgan fingerprint density at radius 2 is 2.00 bits per heavy atom. The van der Waals surface area contributed by atoms with Crippen molar-refractivity contribution in [3.05, 3.63) is 35.4 Å². The predicted molar refractivity (Wildman–Crippen MR) is 77.3 cm³/mol. The Balaban J connectivity index is 1.68. The quantitative estimate of drug-likeness (QED) is 0.731. The summed E-state index contributed by atoms with van der Waals surface area (Å²) in [5, 5.41) is 3.42. The van der Waals surface area contributed by atoms with Crippen LogP contribution in [0, 0.1) is 0 Å². The van der Waals surface area contributed by atoms with Gasteiger partial charge in [-0.3, -0.25) is 0 Å². The molecule has 2 rings (SSSR count). The third-order valence-electron chi connectivity index (χ3n) is 3.41. The van der Waals surface area contributed by atoms with Crippen molar-refractivity contribution in [3.8, 4) is 0 Å². The highest BCUT2D eigenvalue weighted by Gasteiger charge is 2.15. The van der Waals surface area contributed by atoms with Gasteiger partial charge >= 0.3 is 0 Å². The monoisotopic (exact) mass is 263 g/mol. The van der Waals surface area contributed by atoms with Gasteiger partial charge in [0.15, 0.2) is 0 Å². The van der Waals surface area contributed by atoms with Gasteiger partial charge in [0.2, 0.25) is 0 Å². The van der Waals surface area contributed by atoms with Crippen molar-refractivity contribution in [1.29, 1.82) is 0 Å². The largest absolute Gasteiger partial charge is 0.379 e. The van der Waals surface area contributed by atoms with E-state index in [1.807, 2.05) is 0 Å². The van der Waals surface area contributed by atoms with Crippen LogP contribution in [0.2, 0.25) is 0 Å². The molecule has 1 N–H and O–H groups in total. The molecule has 0 bridgehead atoms. The lowest BCUT2D eigenvalue weighted by Gasteiger charge is -2.10. The molecule has 0 amide bonds. The molecule has 0 spiro atoms. The second-order valence-electron chi connectivity index (χ2n) is 5.11. The average molecular weight is 263 g/mol. The molecule has 1 atom stereocenters. The number of hydrogen-bond acceptors (Lipinski definition) is 3. The first-order chi connectivity index (χ1) is 9.38. The molecule has 1 aliphatic rings. The maximum Gasteiger partial charge on any atom is 0.0834 e. The molecule has 1 aromatic carbocycles. The summed E-state index contributed by atoms with van der Waals surface area (Å²) in [5.74, 6) is 0. The van der Waals surface area contributed by atoms with Gasteiger partial charge in [0.1, 0.15) is 0 Å². The summed E-state index contributed by atoms with van der Waals surface area (Å²) in [6.07, 6.45) is 3.61. The van der Waals surface area contributed by atoms with E-state index in [2.05, 4.69) is 36.5 Å². The molecule has 3 nitrogen and oxygen atoms in total. The Morgan fingerprint density at radius 1 is 1.21 bits per heavy atom. The molecule has 0 aliphatic carbocycles. The number of nitrogens with one attached hydrogen (secondary N) is 1. The normalized spacial score (nSPS) is 18.9. The summed E-state index contributed by atoms with van der Waals surface area (Å²) in [5.41, 5.74) is 2.63. The van der Waals surface area contributed by atoms with E-state index >= 15 is 0 Å². The Bertz CT molecular complexity index is 344. The highest BCUT2D eigenvalue weighted by atomic mass is 16.5. The first kappa shape index (κ1) is 14.5. The lowest BCUT2D eigenvalue weighted by Crippen LogP contribution is -2.17. The Kier molecular flexibility index (Phi) is 6.34. The van der Waals surface area contributed by atoms with Crippen molar-refractivity contribution in [1.82, 2.24) is 5.32 Å². The molecule has 1 aliphatic heterocycles. The van der Waals surface area contributed by atoms with Crippen LogP contribution in [0.4, 0.5) is 0 Å². The number of hydrogen-bond donors (Lipinski definition) is 1. The maximum atomic E-state index is 5.80. The fourth-order valence-corrected chi connectivity index (χ4v) is 2.20. The molecule has 1 unspecified atom stereocenters. The van der Waals surface area contributed by atoms with Crippen LogP contribution in [0.15, 0.2) is 24.3 Å². The van der Waals surface area contributed by atoms with Crippen molar-refractivity contribution in [2.45, 2.75) is 38.9 Å². The minimum Gasteiger partial charge on any atom is -0.379 e. The van der Waals surface area contributed by atoms with Crippen LogP contribution in [0.1, 0.15) is 30.9 Å². The number of ether oxygens (including phenoxy) is 2. The first-order valence-electron chi connectivity index (χ1n) is 7.36. The fourth-order valence-electron chi connectivity index (χ4n) is 2.20. The zero-order valence-electron chi connectivity index (χ0n) is 11.9. The zero-order chi connectivity index (χ0) is 13.3. The second kappa shape index (κ2) is 8.31. The van der Waals surface area contributed by atoms with E-state index in [1.165, 1.54) is 17.5 Å². The third kappa shape index (κ3) is 5.31. The van der Waals surface area contributed by atoms with Crippen LogP contribution >= 0.6 is 0 Å². The van der Waals surface area contributed by atoms with Crippen molar-refractivity contribution in [3.63, 3.8) is 0 Å². The molecule has 0 saturated carbocycles. The van der Waals surface area contributed by atoms with Gasteiger partial charge in [-0.25, -0.2) is 0 Å². The molecule has 1 fully saturated rings. The van der Waals surface area contributed by atoms with Gasteiger partial charge in [-0.2, -0.15) is 0 Å². The summed E-state index contributed by atoms with van der Waals surface area (Å²) < 4.78 is 11.1. The van der Waals surface area contributed by atoms with Crippen molar-refractivity contribution >= 4 is 0 Å². The molecule has 19 heavy (non-hydrogen) atoms. The predicted octanol–water partition coefficient (Wildman–Crippen LogP) is 2.53. The van der Waals surface area contributed by atoms with Crippen LogP contribution in [0.3, 0.4) is 0 Å². The lowest BCUT2D eigenvalue weighted by molar-refractivity contribution is 0.0317. The van der Waals surface area contributed by atoms with Crippen molar-refractivity contribution in [2.75, 3.05) is 26.3 Å². The molecule has 1 aromatic rings.